The average molecular weight is 320 g/mol. The maximum atomic E-state index is 12.6. The van der Waals surface area contributed by atoms with Crippen molar-refractivity contribution in [1.82, 2.24) is 4.98 Å². The van der Waals surface area contributed by atoms with E-state index in [2.05, 4.69) is 26.9 Å². The zero-order valence-electron chi connectivity index (χ0n) is 11.9. The Hall–Kier alpha value is -3.01. The number of amides is 1. The number of nitrogens with zero attached hydrogens (tertiary/aromatic N) is 1. The molecule has 4 nitrogen and oxygen atoms in total. The number of benzene rings is 1. The van der Waals surface area contributed by atoms with Gasteiger partial charge in [-0.15, -0.1) is 0 Å². The van der Waals surface area contributed by atoms with Gasteiger partial charge in [0.2, 0.25) is 0 Å². The van der Waals surface area contributed by atoms with E-state index < -0.39 is 17.8 Å². The molecular formula is C16H11F3N2O2. The molecule has 0 saturated heterocycles. The summed E-state index contributed by atoms with van der Waals surface area (Å²) in [6, 6.07) is 6.25. The van der Waals surface area contributed by atoms with Gasteiger partial charge in [-0.25, -0.2) is 4.79 Å². The second kappa shape index (κ2) is 6.83. The lowest BCUT2D eigenvalue weighted by Crippen LogP contribution is -2.11. The number of carbonyl (C=O) groups is 1. The highest BCUT2D eigenvalue weighted by Gasteiger charge is 2.30. The summed E-state index contributed by atoms with van der Waals surface area (Å²) < 4.78 is 42.3. The van der Waals surface area contributed by atoms with Gasteiger partial charge < -0.3 is 4.74 Å². The number of carbonyl (C=O) groups excluding carboxylic acids is 1. The molecule has 0 radical (unpaired) electrons. The van der Waals surface area contributed by atoms with Crippen LogP contribution in [0.4, 0.5) is 23.7 Å². The van der Waals surface area contributed by atoms with Crippen molar-refractivity contribution >= 4 is 11.8 Å². The molecule has 1 N–H and O–H groups in total. The first-order chi connectivity index (χ1) is 10.9. The monoisotopic (exact) mass is 320 g/mol. The van der Waals surface area contributed by atoms with Gasteiger partial charge in [-0.2, -0.15) is 13.2 Å². The van der Waals surface area contributed by atoms with Crippen LogP contribution in [0.25, 0.3) is 0 Å². The van der Waals surface area contributed by atoms with Gasteiger partial charge in [0.05, 0.1) is 24.6 Å². The third-order valence-electron chi connectivity index (χ3n) is 2.71. The number of alkyl halides is 3. The molecule has 23 heavy (non-hydrogen) atoms. The highest BCUT2D eigenvalue weighted by molar-refractivity contribution is 5.84. The Balaban J connectivity index is 2.22. The van der Waals surface area contributed by atoms with Gasteiger partial charge in [-0.3, -0.25) is 10.3 Å². The highest BCUT2D eigenvalue weighted by Crippen LogP contribution is 2.29. The molecule has 0 atom stereocenters. The number of nitrogens with one attached hydrogen (secondary N) is 1. The maximum absolute atomic E-state index is 12.6. The predicted molar refractivity (Wildman–Crippen MR) is 77.7 cm³/mol. The Morgan fingerprint density at radius 1 is 1.17 bits per heavy atom. The van der Waals surface area contributed by atoms with E-state index in [0.29, 0.717) is 11.3 Å². The summed E-state index contributed by atoms with van der Waals surface area (Å²) in [7, 11) is 1.22. The Morgan fingerprint density at radius 2 is 1.91 bits per heavy atom. The number of pyridine rings is 1. The molecule has 0 aliphatic rings. The molecule has 0 saturated carbocycles. The van der Waals surface area contributed by atoms with Gasteiger partial charge >= 0.3 is 12.3 Å². The molecule has 0 bridgehead atoms. The number of hydrogen-bond acceptors (Lipinski definition) is 3. The predicted octanol–water partition coefficient (Wildman–Crippen LogP) is 3.68. The van der Waals surface area contributed by atoms with Crippen molar-refractivity contribution in [2.24, 2.45) is 0 Å². The van der Waals surface area contributed by atoms with E-state index in [1.54, 1.807) is 0 Å². The van der Waals surface area contributed by atoms with Gasteiger partial charge in [0.25, 0.3) is 0 Å². The van der Waals surface area contributed by atoms with E-state index >= 15 is 0 Å². The van der Waals surface area contributed by atoms with Crippen LogP contribution in [0, 0.1) is 11.8 Å². The van der Waals surface area contributed by atoms with Gasteiger partial charge in [0.15, 0.2) is 0 Å². The Morgan fingerprint density at radius 3 is 2.61 bits per heavy atom. The van der Waals surface area contributed by atoms with Gasteiger partial charge in [-0.1, -0.05) is 17.9 Å². The summed E-state index contributed by atoms with van der Waals surface area (Å²) in [6.45, 7) is 0. The number of anilines is 1. The molecule has 1 heterocycles. The van der Waals surface area contributed by atoms with Crippen molar-refractivity contribution in [3.05, 3.63) is 59.4 Å². The summed E-state index contributed by atoms with van der Waals surface area (Å²) in [5, 5.41) is 2.42. The molecule has 1 aromatic heterocycles. The molecule has 2 aromatic rings. The van der Waals surface area contributed by atoms with E-state index in [0.717, 1.165) is 12.1 Å². The Bertz CT molecular complexity index is 777. The van der Waals surface area contributed by atoms with Crippen LogP contribution >= 0.6 is 0 Å². The van der Waals surface area contributed by atoms with E-state index in [4.69, 9.17) is 0 Å². The molecule has 1 amide bonds. The van der Waals surface area contributed by atoms with Crippen LogP contribution in [0.2, 0.25) is 0 Å². The van der Waals surface area contributed by atoms with Crippen LogP contribution in [0.15, 0.2) is 42.7 Å². The third kappa shape index (κ3) is 4.74. The lowest BCUT2D eigenvalue weighted by molar-refractivity contribution is -0.137. The minimum absolute atomic E-state index is 0.228. The first kappa shape index (κ1) is 16.4. The van der Waals surface area contributed by atoms with Gasteiger partial charge in [0.1, 0.15) is 0 Å². The van der Waals surface area contributed by atoms with Crippen molar-refractivity contribution in [2.75, 3.05) is 12.4 Å². The van der Waals surface area contributed by atoms with Crippen LogP contribution in [0.1, 0.15) is 16.7 Å². The summed E-state index contributed by atoms with van der Waals surface area (Å²) in [4.78, 5) is 15.0. The van der Waals surface area contributed by atoms with Crippen molar-refractivity contribution in [1.29, 1.82) is 0 Å². The summed E-state index contributed by atoms with van der Waals surface area (Å²) >= 11 is 0. The van der Waals surface area contributed by atoms with Crippen LogP contribution in [0.5, 0.6) is 0 Å². The number of hydrogen-bond donors (Lipinski definition) is 1. The average Bonchev–Trinajstić information content (AvgIpc) is 2.52. The fourth-order valence-corrected chi connectivity index (χ4v) is 1.66. The number of methoxy groups -OCH3 is 1. The fourth-order valence-electron chi connectivity index (χ4n) is 1.66. The van der Waals surface area contributed by atoms with Crippen molar-refractivity contribution in [2.45, 2.75) is 6.18 Å². The van der Waals surface area contributed by atoms with Crippen molar-refractivity contribution in [3.63, 3.8) is 0 Å². The molecule has 0 unspecified atom stereocenters. The molecule has 0 spiro atoms. The topological polar surface area (TPSA) is 51.2 Å². The summed E-state index contributed by atoms with van der Waals surface area (Å²) in [6.07, 6.45) is -2.24. The van der Waals surface area contributed by atoms with Crippen LogP contribution < -0.4 is 5.32 Å². The minimum atomic E-state index is -4.41. The van der Waals surface area contributed by atoms with Gasteiger partial charge in [-0.05, 0) is 24.3 Å². The van der Waals surface area contributed by atoms with Gasteiger partial charge in [0, 0.05) is 17.3 Å². The smallest absolute Gasteiger partial charge is 0.416 e. The lowest BCUT2D eigenvalue weighted by atomic mass is 10.1. The fraction of sp³-hybridized carbons (Fsp3) is 0.125. The van der Waals surface area contributed by atoms with E-state index in [-0.39, 0.29) is 5.56 Å². The molecule has 0 aliphatic heterocycles. The normalized spacial score (nSPS) is 10.4. The summed E-state index contributed by atoms with van der Waals surface area (Å²) in [5.74, 6) is 5.33. The van der Waals surface area contributed by atoms with Crippen LogP contribution in [-0.2, 0) is 10.9 Å². The zero-order valence-corrected chi connectivity index (χ0v) is 11.9. The quantitative estimate of drug-likeness (QED) is 0.816. The molecule has 118 valence electrons. The highest BCUT2D eigenvalue weighted by atomic mass is 19.4. The Kier molecular flexibility index (Phi) is 4.86. The van der Waals surface area contributed by atoms with Crippen LogP contribution in [0.3, 0.4) is 0 Å². The molecule has 7 heteroatoms. The number of rotatable bonds is 1. The van der Waals surface area contributed by atoms with E-state index in [1.807, 2.05) is 0 Å². The third-order valence-corrected chi connectivity index (χ3v) is 2.71. The molecule has 1 aromatic carbocycles. The van der Waals surface area contributed by atoms with Crippen LogP contribution in [-0.4, -0.2) is 18.2 Å². The SMILES string of the molecule is COC(=O)Nc1cncc(C#Cc2cccc(C(F)(F)F)c2)c1. The maximum Gasteiger partial charge on any atom is 0.416 e. The van der Waals surface area contributed by atoms with E-state index in [9.17, 15) is 18.0 Å². The van der Waals surface area contributed by atoms with Crippen molar-refractivity contribution < 1.29 is 22.7 Å². The number of halogens is 3. The molecule has 0 aliphatic carbocycles. The second-order valence-corrected chi connectivity index (χ2v) is 4.41. The first-order valence-corrected chi connectivity index (χ1v) is 6.38. The first-order valence-electron chi connectivity index (χ1n) is 6.38. The Labute approximate surface area is 130 Å². The molecule has 2 rings (SSSR count). The number of aromatic nitrogens is 1. The second-order valence-electron chi connectivity index (χ2n) is 4.41. The molecule has 0 fully saturated rings. The number of ether oxygens (including phenoxy) is 1. The zero-order chi connectivity index (χ0) is 16.9. The minimum Gasteiger partial charge on any atom is -0.453 e. The summed E-state index contributed by atoms with van der Waals surface area (Å²) in [5.41, 5.74) is 0.277. The van der Waals surface area contributed by atoms with Crippen molar-refractivity contribution in [3.8, 4) is 11.8 Å². The molecular weight excluding hydrogens is 309 g/mol. The largest absolute Gasteiger partial charge is 0.453 e. The standard InChI is InChI=1S/C16H11F3N2O2/c1-23-15(22)21-14-8-12(9-20-10-14)6-5-11-3-2-4-13(7-11)16(17,18)19/h2-4,7-10H,1H3,(H,21,22). The van der Waals surface area contributed by atoms with E-state index in [1.165, 1.54) is 37.7 Å². The lowest BCUT2D eigenvalue weighted by Gasteiger charge is -2.05.